The van der Waals surface area contributed by atoms with Gasteiger partial charge in [0.2, 0.25) is 0 Å². The second kappa shape index (κ2) is 5.14. The van der Waals surface area contributed by atoms with E-state index in [4.69, 9.17) is 16.7 Å². The lowest BCUT2D eigenvalue weighted by atomic mass is 10.2. The molecular formula is C11H14ClNO2. The molecule has 1 rings (SSSR count). The summed E-state index contributed by atoms with van der Waals surface area (Å²) >= 11 is 5.72. The number of nitrogens with zero attached hydrogens (tertiary/aromatic N) is 1. The highest BCUT2D eigenvalue weighted by atomic mass is 35.5. The Morgan fingerprint density at radius 2 is 2.00 bits per heavy atom. The van der Waals surface area contributed by atoms with Crippen LogP contribution < -0.4 is 0 Å². The van der Waals surface area contributed by atoms with Crippen LogP contribution in [0, 0.1) is 0 Å². The summed E-state index contributed by atoms with van der Waals surface area (Å²) in [6.45, 7) is 1.97. The summed E-state index contributed by atoms with van der Waals surface area (Å²) < 4.78 is 0. The fourth-order valence-electron chi connectivity index (χ4n) is 1.29. The van der Waals surface area contributed by atoms with Gasteiger partial charge in [-0.2, -0.15) is 0 Å². The minimum atomic E-state index is -0.522. The van der Waals surface area contributed by atoms with Crippen molar-refractivity contribution in [1.82, 2.24) is 4.90 Å². The maximum absolute atomic E-state index is 11.8. The largest absolute Gasteiger partial charge is 0.392 e. The molecule has 0 fully saturated rings. The molecule has 1 unspecified atom stereocenters. The Labute approximate surface area is 94.3 Å². The molecule has 0 aliphatic carbocycles. The maximum atomic E-state index is 11.8. The summed E-state index contributed by atoms with van der Waals surface area (Å²) in [5.41, 5.74) is 0.572. The molecule has 4 heteroatoms. The molecule has 0 radical (unpaired) electrons. The van der Waals surface area contributed by atoms with Crippen molar-refractivity contribution in [3.05, 3.63) is 34.9 Å². The van der Waals surface area contributed by atoms with Crippen molar-refractivity contribution >= 4 is 17.5 Å². The monoisotopic (exact) mass is 227 g/mol. The Hall–Kier alpha value is -1.06. The number of carbonyl (C=O) groups is 1. The molecule has 1 atom stereocenters. The molecule has 1 amide bonds. The van der Waals surface area contributed by atoms with Gasteiger partial charge in [-0.15, -0.1) is 0 Å². The van der Waals surface area contributed by atoms with Crippen molar-refractivity contribution in [2.45, 2.75) is 13.0 Å². The summed E-state index contributed by atoms with van der Waals surface area (Å²) in [4.78, 5) is 13.2. The van der Waals surface area contributed by atoms with Gasteiger partial charge in [0.1, 0.15) is 0 Å². The van der Waals surface area contributed by atoms with Crippen LogP contribution in [-0.2, 0) is 0 Å². The van der Waals surface area contributed by atoms with Crippen LogP contribution >= 0.6 is 11.6 Å². The summed E-state index contributed by atoms with van der Waals surface area (Å²) in [5, 5.41) is 9.75. The molecule has 15 heavy (non-hydrogen) atoms. The normalized spacial score (nSPS) is 12.3. The number of amides is 1. The minimum absolute atomic E-state index is 0.118. The van der Waals surface area contributed by atoms with Gasteiger partial charge in [-0.1, -0.05) is 11.6 Å². The average molecular weight is 228 g/mol. The first-order valence-corrected chi connectivity index (χ1v) is 5.07. The predicted octanol–water partition coefficient (Wildman–Crippen LogP) is 1.79. The average Bonchev–Trinajstić information content (AvgIpc) is 2.17. The zero-order valence-electron chi connectivity index (χ0n) is 8.77. The zero-order chi connectivity index (χ0) is 11.4. The van der Waals surface area contributed by atoms with Crippen molar-refractivity contribution in [2.24, 2.45) is 0 Å². The number of hydrogen-bond donors (Lipinski definition) is 1. The predicted molar refractivity (Wildman–Crippen MR) is 60.1 cm³/mol. The van der Waals surface area contributed by atoms with Gasteiger partial charge < -0.3 is 10.0 Å². The minimum Gasteiger partial charge on any atom is -0.392 e. The number of halogens is 1. The Morgan fingerprint density at radius 3 is 2.47 bits per heavy atom. The van der Waals surface area contributed by atoms with Crippen molar-refractivity contribution < 1.29 is 9.90 Å². The molecular weight excluding hydrogens is 214 g/mol. The summed E-state index contributed by atoms with van der Waals surface area (Å²) in [6, 6.07) is 6.68. The van der Waals surface area contributed by atoms with Crippen LogP contribution in [0.1, 0.15) is 17.3 Å². The van der Waals surface area contributed by atoms with E-state index in [1.807, 2.05) is 0 Å². The van der Waals surface area contributed by atoms with Gasteiger partial charge >= 0.3 is 0 Å². The van der Waals surface area contributed by atoms with Crippen molar-refractivity contribution in [1.29, 1.82) is 0 Å². The lowest BCUT2D eigenvalue weighted by Gasteiger charge is -2.18. The number of likely N-dealkylation sites (N-methyl/N-ethyl adjacent to an activating group) is 1. The molecule has 0 saturated heterocycles. The third-order valence-electron chi connectivity index (χ3n) is 1.98. The Bertz CT molecular complexity index is 335. The highest BCUT2D eigenvalue weighted by Crippen LogP contribution is 2.11. The van der Waals surface area contributed by atoms with E-state index in [9.17, 15) is 4.79 Å². The molecule has 0 heterocycles. The van der Waals surface area contributed by atoms with Crippen LogP contribution in [0.4, 0.5) is 0 Å². The molecule has 0 spiro atoms. The summed E-state index contributed by atoms with van der Waals surface area (Å²) in [5.74, 6) is -0.118. The second-order valence-electron chi connectivity index (χ2n) is 3.54. The van der Waals surface area contributed by atoms with Crippen LogP contribution in [-0.4, -0.2) is 35.6 Å². The van der Waals surface area contributed by atoms with Gasteiger partial charge in [0.15, 0.2) is 0 Å². The van der Waals surface area contributed by atoms with Crippen LogP contribution in [0.25, 0.3) is 0 Å². The molecule has 0 aromatic heterocycles. The number of rotatable bonds is 3. The molecule has 0 bridgehead atoms. The van der Waals surface area contributed by atoms with E-state index in [0.29, 0.717) is 17.1 Å². The highest BCUT2D eigenvalue weighted by molar-refractivity contribution is 6.30. The first-order chi connectivity index (χ1) is 7.00. The Kier molecular flexibility index (Phi) is 4.12. The topological polar surface area (TPSA) is 40.5 Å². The van der Waals surface area contributed by atoms with E-state index >= 15 is 0 Å². The van der Waals surface area contributed by atoms with Gasteiger partial charge in [-0.25, -0.2) is 0 Å². The zero-order valence-corrected chi connectivity index (χ0v) is 9.53. The fraction of sp³-hybridized carbons (Fsp3) is 0.364. The first kappa shape index (κ1) is 12.0. The highest BCUT2D eigenvalue weighted by Gasteiger charge is 2.12. The fourth-order valence-corrected chi connectivity index (χ4v) is 1.42. The molecule has 1 aromatic rings. The molecule has 3 nitrogen and oxygen atoms in total. The third kappa shape index (κ3) is 3.53. The SMILES string of the molecule is CC(O)CN(C)C(=O)c1ccc(Cl)cc1. The summed E-state index contributed by atoms with van der Waals surface area (Å²) in [6.07, 6.45) is -0.522. The van der Waals surface area contributed by atoms with E-state index in [-0.39, 0.29) is 5.91 Å². The number of aliphatic hydroxyl groups is 1. The van der Waals surface area contributed by atoms with Crippen molar-refractivity contribution in [2.75, 3.05) is 13.6 Å². The lowest BCUT2D eigenvalue weighted by Crippen LogP contribution is -2.32. The number of aliphatic hydroxyl groups excluding tert-OH is 1. The lowest BCUT2D eigenvalue weighted by molar-refractivity contribution is 0.0703. The van der Waals surface area contributed by atoms with Crippen LogP contribution in [0.2, 0.25) is 5.02 Å². The van der Waals surface area contributed by atoms with E-state index in [2.05, 4.69) is 0 Å². The Morgan fingerprint density at radius 1 is 1.47 bits per heavy atom. The standard InChI is InChI=1S/C11H14ClNO2/c1-8(14)7-13(2)11(15)9-3-5-10(12)6-4-9/h3-6,8,14H,7H2,1-2H3. The van der Waals surface area contributed by atoms with Gasteiger partial charge in [0.05, 0.1) is 6.10 Å². The number of benzene rings is 1. The van der Waals surface area contributed by atoms with Crippen LogP contribution in [0.5, 0.6) is 0 Å². The molecule has 0 aliphatic rings. The first-order valence-electron chi connectivity index (χ1n) is 4.70. The number of carbonyl (C=O) groups excluding carboxylic acids is 1. The van der Waals surface area contributed by atoms with E-state index in [1.54, 1.807) is 38.2 Å². The molecule has 1 aromatic carbocycles. The molecule has 0 aliphatic heterocycles. The molecule has 1 N–H and O–H groups in total. The molecule has 82 valence electrons. The summed E-state index contributed by atoms with van der Waals surface area (Å²) in [7, 11) is 1.66. The van der Waals surface area contributed by atoms with Crippen LogP contribution in [0.15, 0.2) is 24.3 Å². The van der Waals surface area contributed by atoms with Crippen molar-refractivity contribution in [3.8, 4) is 0 Å². The van der Waals surface area contributed by atoms with Crippen molar-refractivity contribution in [3.63, 3.8) is 0 Å². The van der Waals surface area contributed by atoms with Gasteiger partial charge in [0, 0.05) is 24.2 Å². The van der Waals surface area contributed by atoms with E-state index < -0.39 is 6.10 Å². The van der Waals surface area contributed by atoms with Gasteiger partial charge in [0.25, 0.3) is 5.91 Å². The van der Waals surface area contributed by atoms with Crippen LogP contribution in [0.3, 0.4) is 0 Å². The van der Waals surface area contributed by atoms with E-state index in [0.717, 1.165) is 0 Å². The smallest absolute Gasteiger partial charge is 0.253 e. The quantitative estimate of drug-likeness (QED) is 0.856. The number of hydrogen-bond acceptors (Lipinski definition) is 2. The molecule has 0 saturated carbocycles. The van der Waals surface area contributed by atoms with Gasteiger partial charge in [-0.3, -0.25) is 4.79 Å². The van der Waals surface area contributed by atoms with E-state index in [1.165, 1.54) is 4.90 Å². The second-order valence-corrected chi connectivity index (χ2v) is 3.98. The maximum Gasteiger partial charge on any atom is 0.253 e. The third-order valence-corrected chi connectivity index (χ3v) is 2.23. The van der Waals surface area contributed by atoms with Gasteiger partial charge in [-0.05, 0) is 31.2 Å². The Balaban J connectivity index is 2.72.